The first-order valence-corrected chi connectivity index (χ1v) is 6.66. The van der Waals surface area contributed by atoms with E-state index in [1.165, 1.54) is 0 Å². The molecule has 3 rings (SSSR count). The molecule has 0 amide bonds. The smallest absolute Gasteiger partial charge is 0.148 e. The summed E-state index contributed by atoms with van der Waals surface area (Å²) in [6, 6.07) is 9.97. The maximum atomic E-state index is 13.7. The van der Waals surface area contributed by atoms with Crippen molar-refractivity contribution in [3.8, 4) is 0 Å². The molecule has 3 aromatic rings. The van der Waals surface area contributed by atoms with Crippen LogP contribution in [0.4, 0.5) is 8.78 Å². The molecular weight excluding hydrogens is 330 g/mol. The molecule has 0 fully saturated rings. The van der Waals surface area contributed by atoms with Gasteiger partial charge in [0.25, 0.3) is 0 Å². The Morgan fingerprint density at radius 3 is 2.65 bits per heavy atom. The van der Waals surface area contributed by atoms with E-state index < -0.39 is 17.7 Å². The summed E-state index contributed by atoms with van der Waals surface area (Å²) in [6.45, 7) is 0. The van der Waals surface area contributed by atoms with Gasteiger partial charge in [-0.05, 0) is 46.3 Å². The highest BCUT2D eigenvalue weighted by Crippen LogP contribution is 2.33. The summed E-state index contributed by atoms with van der Waals surface area (Å²) >= 11 is 3.33. The number of furan rings is 1. The summed E-state index contributed by atoms with van der Waals surface area (Å²) in [6.07, 6.45) is -1.36. The molecule has 0 aliphatic carbocycles. The van der Waals surface area contributed by atoms with Crippen molar-refractivity contribution in [2.75, 3.05) is 0 Å². The van der Waals surface area contributed by atoms with E-state index in [9.17, 15) is 13.9 Å². The number of fused-ring (bicyclic) bond motifs is 1. The van der Waals surface area contributed by atoms with Crippen LogP contribution in [-0.2, 0) is 0 Å². The van der Waals surface area contributed by atoms with Crippen molar-refractivity contribution in [2.24, 2.45) is 0 Å². The van der Waals surface area contributed by atoms with Crippen LogP contribution >= 0.6 is 15.9 Å². The zero-order valence-corrected chi connectivity index (χ0v) is 11.7. The Morgan fingerprint density at radius 1 is 1.10 bits per heavy atom. The van der Waals surface area contributed by atoms with Crippen molar-refractivity contribution >= 4 is 26.9 Å². The molecule has 1 aromatic heterocycles. The third-order valence-electron chi connectivity index (χ3n) is 3.04. The number of benzene rings is 2. The third kappa shape index (κ3) is 2.23. The summed E-state index contributed by atoms with van der Waals surface area (Å²) in [4.78, 5) is 0. The zero-order chi connectivity index (χ0) is 14.3. The van der Waals surface area contributed by atoms with E-state index in [-0.39, 0.29) is 11.3 Å². The highest BCUT2D eigenvalue weighted by molar-refractivity contribution is 9.10. The van der Waals surface area contributed by atoms with Crippen LogP contribution in [0.2, 0.25) is 0 Å². The number of aliphatic hydroxyl groups excluding tert-OH is 1. The lowest BCUT2D eigenvalue weighted by Gasteiger charge is -2.09. The Labute approximate surface area is 121 Å². The SMILES string of the molecule is OC(c1cc2cccc(Br)c2o1)c1cc(F)ccc1F. The molecular formula is C15H9BrF2O2. The van der Waals surface area contributed by atoms with Crippen LogP contribution < -0.4 is 0 Å². The van der Waals surface area contributed by atoms with E-state index in [2.05, 4.69) is 15.9 Å². The van der Waals surface area contributed by atoms with Crippen LogP contribution in [0.1, 0.15) is 17.4 Å². The van der Waals surface area contributed by atoms with E-state index in [0.717, 1.165) is 28.1 Å². The number of rotatable bonds is 2. The van der Waals surface area contributed by atoms with Gasteiger partial charge in [0.2, 0.25) is 0 Å². The minimum Gasteiger partial charge on any atom is -0.457 e. The predicted molar refractivity (Wildman–Crippen MR) is 74.3 cm³/mol. The van der Waals surface area contributed by atoms with Gasteiger partial charge in [0, 0.05) is 10.9 Å². The average molecular weight is 339 g/mol. The van der Waals surface area contributed by atoms with Crippen molar-refractivity contribution in [2.45, 2.75) is 6.10 Å². The maximum Gasteiger partial charge on any atom is 0.148 e. The molecule has 1 heterocycles. The van der Waals surface area contributed by atoms with Gasteiger partial charge in [-0.2, -0.15) is 0 Å². The third-order valence-corrected chi connectivity index (χ3v) is 3.66. The van der Waals surface area contributed by atoms with Gasteiger partial charge in [-0.1, -0.05) is 12.1 Å². The van der Waals surface area contributed by atoms with Gasteiger partial charge < -0.3 is 9.52 Å². The summed E-state index contributed by atoms with van der Waals surface area (Å²) in [5, 5.41) is 10.9. The van der Waals surface area contributed by atoms with Gasteiger partial charge in [0.1, 0.15) is 29.1 Å². The van der Waals surface area contributed by atoms with Crippen LogP contribution in [0.25, 0.3) is 11.0 Å². The minimum absolute atomic E-state index is 0.153. The topological polar surface area (TPSA) is 33.4 Å². The van der Waals surface area contributed by atoms with Crippen molar-refractivity contribution in [1.82, 2.24) is 0 Å². The van der Waals surface area contributed by atoms with Crippen LogP contribution in [0, 0.1) is 11.6 Å². The molecule has 2 nitrogen and oxygen atoms in total. The number of hydrogen-bond donors (Lipinski definition) is 1. The lowest BCUT2D eigenvalue weighted by atomic mass is 10.1. The number of para-hydroxylation sites is 1. The maximum absolute atomic E-state index is 13.7. The molecule has 0 bridgehead atoms. The fourth-order valence-corrected chi connectivity index (χ4v) is 2.52. The first-order chi connectivity index (χ1) is 9.56. The molecule has 5 heteroatoms. The molecule has 1 unspecified atom stereocenters. The molecule has 0 aliphatic rings. The fourth-order valence-electron chi connectivity index (χ4n) is 2.06. The van der Waals surface area contributed by atoms with Crippen LogP contribution in [0.3, 0.4) is 0 Å². The average Bonchev–Trinajstić information content (AvgIpc) is 2.86. The standard InChI is InChI=1S/C15H9BrF2O2/c16-11-3-1-2-8-6-13(20-15(8)11)14(19)10-7-9(17)4-5-12(10)18/h1-7,14,19H. The second-order valence-corrected chi connectivity index (χ2v) is 5.23. The summed E-state index contributed by atoms with van der Waals surface area (Å²) in [5.41, 5.74) is 0.401. The fraction of sp³-hybridized carbons (Fsp3) is 0.0667. The molecule has 2 aromatic carbocycles. The normalized spacial score (nSPS) is 12.8. The zero-order valence-electron chi connectivity index (χ0n) is 10.1. The highest BCUT2D eigenvalue weighted by Gasteiger charge is 2.20. The van der Waals surface area contributed by atoms with Gasteiger partial charge in [0.15, 0.2) is 0 Å². The first kappa shape index (κ1) is 13.3. The monoisotopic (exact) mass is 338 g/mol. The molecule has 102 valence electrons. The summed E-state index contributed by atoms with van der Waals surface area (Å²) in [7, 11) is 0. The largest absolute Gasteiger partial charge is 0.457 e. The van der Waals surface area contributed by atoms with Crippen LogP contribution in [0.5, 0.6) is 0 Å². The van der Waals surface area contributed by atoms with Gasteiger partial charge in [0.05, 0.1) is 4.47 Å². The van der Waals surface area contributed by atoms with Gasteiger partial charge >= 0.3 is 0 Å². The van der Waals surface area contributed by atoms with Gasteiger partial charge in [-0.25, -0.2) is 8.78 Å². The molecule has 0 aliphatic heterocycles. The molecule has 0 saturated carbocycles. The Hall–Kier alpha value is -1.72. The van der Waals surface area contributed by atoms with E-state index in [0.29, 0.717) is 5.58 Å². The summed E-state index contributed by atoms with van der Waals surface area (Å²) in [5.74, 6) is -1.13. The second kappa shape index (κ2) is 5.00. The first-order valence-electron chi connectivity index (χ1n) is 5.87. The molecule has 20 heavy (non-hydrogen) atoms. The van der Waals surface area contributed by atoms with Crippen molar-refractivity contribution in [3.63, 3.8) is 0 Å². The molecule has 0 saturated heterocycles. The van der Waals surface area contributed by atoms with E-state index in [1.54, 1.807) is 12.1 Å². The van der Waals surface area contributed by atoms with Crippen molar-refractivity contribution < 1.29 is 18.3 Å². The Bertz CT molecular complexity index is 783. The molecule has 0 spiro atoms. The van der Waals surface area contributed by atoms with E-state index in [4.69, 9.17) is 4.42 Å². The Morgan fingerprint density at radius 2 is 1.90 bits per heavy atom. The van der Waals surface area contributed by atoms with Gasteiger partial charge in [-0.3, -0.25) is 0 Å². The quantitative estimate of drug-likeness (QED) is 0.743. The summed E-state index contributed by atoms with van der Waals surface area (Å²) < 4.78 is 33.1. The second-order valence-electron chi connectivity index (χ2n) is 4.38. The van der Waals surface area contributed by atoms with E-state index in [1.807, 2.05) is 12.1 Å². The van der Waals surface area contributed by atoms with Crippen molar-refractivity contribution in [3.05, 3.63) is 69.9 Å². The van der Waals surface area contributed by atoms with Crippen LogP contribution in [-0.4, -0.2) is 5.11 Å². The van der Waals surface area contributed by atoms with Crippen LogP contribution in [0.15, 0.2) is 51.4 Å². The molecule has 0 radical (unpaired) electrons. The van der Waals surface area contributed by atoms with Crippen molar-refractivity contribution in [1.29, 1.82) is 0 Å². The number of hydrogen-bond acceptors (Lipinski definition) is 2. The Balaban J connectivity index is 2.10. The van der Waals surface area contributed by atoms with E-state index >= 15 is 0 Å². The number of halogens is 3. The lowest BCUT2D eigenvalue weighted by molar-refractivity contribution is 0.187. The molecule has 1 atom stereocenters. The predicted octanol–water partition coefficient (Wildman–Crippen LogP) is 4.56. The van der Waals surface area contributed by atoms with Gasteiger partial charge in [-0.15, -0.1) is 0 Å². The minimum atomic E-state index is -1.36. The number of aliphatic hydroxyl groups is 1. The lowest BCUT2D eigenvalue weighted by Crippen LogP contribution is -2.02. The molecule has 1 N–H and O–H groups in total. The highest BCUT2D eigenvalue weighted by atomic mass is 79.9. The Kier molecular flexibility index (Phi) is 3.31.